The van der Waals surface area contributed by atoms with E-state index in [9.17, 15) is 4.79 Å². The third-order valence-corrected chi connectivity index (χ3v) is 2.94. The molecule has 0 aromatic rings. The molecule has 4 heteroatoms. The zero-order chi connectivity index (χ0) is 8.36. The van der Waals surface area contributed by atoms with Gasteiger partial charge in [-0.05, 0) is 5.41 Å². The van der Waals surface area contributed by atoms with Gasteiger partial charge in [-0.25, -0.2) is 4.79 Å². The molecule has 0 bridgehead atoms. The van der Waals surface area contributed by atoms with Crippen LogP contribution in [-0.4, -0.2) is 10.8 Å². The van der Waals surface area contributed by atoms with Crippen molar-refractivity contribution in [1.82, 2.24) is 0 Å². The fraction of sp³-hybridized carbons (Fsp3) is 0.833. The van der Waals surface area contributed by atoms with Crippen LogP contribution in [0.1, 0.15) is 20.8 Å². The van der Waals surface area contributed by atoms with Gasteiger partial charge in [-0.1, -0.05) is 36.7 Å². The third-order valence-electron chi connectivity index (χ3n) is 1.04. The molecule has 0 aromatic carbocycles. The van der Waals surface area contributed by atoms with Crippen molar-refractivity contribution in [2.45, 2.75) is 25.6 Å². The minimum atomic E-state index is -0.450. The van der Waals surface area contributed by atoms with Crippen molar-refractivity contribution in [3.8, 4) is 0 Å². The van der Waals surface area contributed by atoms with E-state index in [1.807, 2.05) is 20.8 Å². The third kappa shape index (κ3) is 2.88. The number of hydrogen-bond acceptors (Lipinski definition) is 2. The molecule has 0 rings (SSSR count). The standard InChI is InChI=1S/C6H10BrClO2/c1-6(2,3)4(7)5(9)10-8/h4H,1-3H3. The average Bonchev–Trinajstić information content (AvgIpc) is 1.83. The van der Waals surface area contributed by atoms with E-state index in [0.717, 1.165) is 0 Å². The monoisotopic (exact) mass is 228 g/mol. The highest BCUT2D eigenvalue weighted by Gasteiger charge is 2.29. The van der Waals surface area contributed by atoms with Crippen molar-refractivity contribution in [3.63, 3.8) is 0 Å². The highest BCUT2D eigenvalue weighted by molar-refractivity contribution is 9.10. The molecule has 0 N–H and O–H groups in total. The quantitative estimate of drug-likeness (QED) is 0.646. The fourth-order valence-electron chi connectivity index (χ4n) is 0.393. The molecular formula is C6H10BrClO2. The summed E-state index contributed by atoms with van der Waals surface area (Å²) in [6.07, 6.45) is 0. The average molecular weight is 230 g/mol. The van der Waals surface area contributed by atoms with Crippen molar-refractivity contribution in [1.29, 1.82) is 0 Å². The summed E-state index contributed by atoms with van der Waals surface area (Å²) in [5, 5.41) is 0. The minimum Gasteiger partial charge on any atom is -0.346 e. The Kier molecular flexibility index (Phi) is 3.66. The van der Waals surface area contributed by atoms with Crippen LogP contribution in [-0.2, 0) is 9.08 Å². The molecule has 0 fully saturated rings. The summed E-state index contributed by atoms with van der Waals surface area (Å²) in [6.45, 7) is 5.75. The van der Waals surface area contributed by atoms with Gasteiger partial charge in [0.05, 0.1) is 0 Å². The van der Waals surface area contributed by atoms with Crippen LogP contribution in [0.25, 0.3) is 0 Å². The largest absolute Gasteiger partial charge is 0.346 e. The molecule has 0 spiro atoms. The van der Waals surface area contributed by atoms with Crippen molar-refractivity contribution < 1.29 is 9.08 Å². The van der Waals surface area contributed by atoms with Crippen LogP contribution in [0.15, 0.2) is 0 Å². The number of carbonyl (C=O) groups excluding carboxylic acids is 1. The summed E-state index contributed by atoms with van der Waals surface area (Å²) in [5.41, 5.74) is -0.161. The maximum Gasteiger partial charge on any atom is 0.338 e. The molecule has 1 atom stereocenters. The first kappa shape index (κ1) is 10.2. The summed E-state index contributed by atoms with van der Waals surface area (Å²) in [5.74, 6) is -0.450. The molecular weight excluding hydrogens is 219 g/mol. The summed E-state index contributed by atoms with van der Waals surface area (Å²) in [4.78, 5) is 10.4. The Morgan fingerprint density at radius 1 is 1.60 bits per heavy atom. The van der Waals surface area contributed by atoms with Gasteiger partial charge in [0.2, 0.25) is 0 Å². The van der Waals surface area contributed by atoms with E-state index < -0.39 is 5.97 Å². The summed E-state index contributed by atoms with van der Waals surface area (Å²) < 4.78 is 4.02. The van der Waals surface area contributed by atoms with Gasteiger partial charge in [0.15, 0.2) is 0 Å². The van der Waals surface area contributed by atoms with Gasteiger partial charge in [0.1, 0.15) is 16.7 Å². The van der Waals surface area contributed by atoms with Crippen molar-refractivity contribution >= 4 is 33.8 Å². The Morgan fingerprint density at radius 3 is 2.10 bits per heavy atom. The summed E-state index contributed by atoms with van der Waals surface area (Å²) >= 11 is 8.04. The second-order valence-corrected chi connectivity index (χ2v) is 4.19. The zero-order valence-corrected chi connectivity index (χ0v) is 8.49. The normalized spacial score (nSPS) is 14.5. The van der Waals surface area contributed by atoms with Crippen LogP contribution in [0.4, 0.5) is 0 Å². The lowest BCUT2D eigenvalue weighted by atomic mass is 9.92. The van der Waals surface area contributed by atoms with Gasteiger partial charge in [0, 0.05) is 0 Å². The highest BCUT2D eigenvalue weighted by Crippen LogP contribution is 2.27. The van der Waals surface area contributed by atoms with Crippen molar-refractivity contribution in [2.24, 2.45) is 5.41 Å². The Bertz CT molecular complexity index is 130. The number of carbonyl (C=O) groups is 1. The second-order valence-electron chi connectivity index (χ2n) is 3.12. The van der Waals surface area contributed by atoms with Gasteiger partial charge in [-0.15, -0.1) is 0 Å². The summed E-state index contributed by atoms with van der Waals surface area (Å²) in [6, 6.07) is 0. The molecule has 0 aliphatic rings. The van der Waals surface area contributed by atoms with Crippen LogP contribution in [0, 0.1) is 5.41 Å². The SMILES string of the molecule is CC(C)(C)C(Br)C(=O)OCl. The molecule has 0 heterocycles. The van der Waals surface area contributed by atoms with Crippen LogP contribution >= 0.6 is 27.8 Å². The van der Waals surface area contributed by atoms with E-state index in [1.54, 1.807) is 0 Å². The molecule has 10 heavy (non-hydrogen) atoms. The van der Waals surface area contributed by atoms with Crippen molar-refractivity contribution in [3.05, 3.63) is 0 Å². The Labute approximate surface area is 74.2 Å². The van der Waals surface area contributed by atoms with E-state index >= 15 is 0 Å². The molecule has 0 radical (unpaired) electrons. The molecule has 0 amide bonds. The lowest BCUT2D eigenvalue weighted by Gasteiger charge is -2.21. The fourth-order valence-corrected chi connectivity index (χ4v) is 0.683. The van der Waals surface area contributed by atoms with Crippen LogP contribution in [0.5, 0.6) is 0 Å². The first-order valence-corrected chi connectivity index (χ1v) is 4.08. The van der Waals surface area contributed by atoms with E-state index in [2.05, 4.69) is 20.2 Å². The lowest BCUT2D eigenvalue weighted by Crippen LogP contribution is -2.28. The summed E-state index contributed by atoms with van der Waals surface area (Å²) in [7, 11) is 0. The van der Waals surface area contributed by atoms with Gasteiger partial charge < -0.3 is 4.29 Å². The predicted molar refractivity (Wildman–Crippen MR) is 44.1 cm³/mol. The Balaban J connectivity index is 4.08. The minimum absolute atomic E-state index is 0.161. The first-order chi connectivity index (χ1) is 4.39. The number of hydrogen-bond donors (Lipinski definition) is 0. The van der Waals surface area contributed by atoms with E-state index in [0.29, 0.717) is 0 Å². The molecule has 2 nitrogen and oxygen atoms in total. The molecule has 0 aromatic heterocycles. The lowest BCUT2D eigenvalue weighted by molar-refractivity contribution is -0.134. The Morgan fingerprint density at radius 2 is 2.00 bits per heavy atom. The number of alkyl halides is 1. The van der Waals surface area contributed by atoms with E-state index in [4.69, 9.17) is 11.9 Å². The highest BCUT2D eigenvalue weighted by atomic mass is 79.9. The van der Waals surface area contributed by atoms with Crippen LogP contribution < -0.4 is 0 Å². The molecule has 0 saturated heterocycles. The predicted octanol–water partition coefficient (Wildman–Crippen LogP) is 2.49. The van der Waals surface area contributed by atoms with Crippen LogP contribution in [0.3, 0.4) is 0 Å². The van der Waals surface area contributed by atoms with Gasteiger partial charge in [-0.3, -0.25) is 0 Å². The van der Waals surface area contributed by atoms with E-state index in [-0.39, 0.29) is 10.2 Å². The topological polar surface area (TPSA) is 26.3 Å². The maximum atomic E-state index is 10.8. The van der Waals surface area contributed by atoms with Gasteiger partial charge in [0.25, 0.3) is 0 Å². The Hall–Kier alpha value is 0.240. The smallest absolute Gasteiger partial charge is 0.338 e. The molecule has 60 valence electrons. The van der Waals surface area contributed by atoms with E-state index in [1.165, 1.54) is 0 Å². The molecule has 1 unspecified atom stereocenters. The van der Waals surface area contributed by atoms with Crippen molar-refractivity contribution in [2.75, 3.05) is 0 Å². The second kappa shape index (κ2) is 3.58. The first-order valence-electron chi connectivity index (χ1n) is 2.86. The molecule has 0 aliphatic carbocycles. The zero-order valence-electron chi connectivity index (χ0n) is 6.15. The molecule has 0 saturated carbocycles. The van der Waals surface area contributed by atoms with Gasteiger partial charge >= 0.3 is 5.97 Å². The maximum absolute atomic E-state index is 10.8. The number of rotatable bonds is 1. The molecule has 0 aliphatic heterocycles. The van der Waals surface area contributed by atoms with Crippen LogP contribution in [0.2, 0.25) is 0 Å². The number of halogens is 2. The van der Waals surface area contributed by atoms with Gasteiger partial charge in [-0.2, -0.15) is 0 Å².